The maximum absolute atomic E-state index is 12.1. The van der Waals surface area contributed by atoms with Crippen LogP contribution in [0, 0.1) is 0 Å². The zero-order valence-corrected chi connectivity index (χ0v) is 12.6. The molecule has 0 aromatic carbocycles. The molecule has 110 valence electrons. The zero-order valence-electron chi connectivity index (χ0n) is 11.7. The average molecular weight is 305 g/mol. The Morgan fingerprint density at radius 3 is 3.00 bits per heavy atom. The molecular weight excluding hydrogens is 290 g/mol. The third-order valence-electron chi connectivity index (χ3n) is 3.18. The molecule has 8 heteroatoms. The molecule has 7 nitrogen and oxygen atoms in total. The van der Waals surface area contributed by atoms with E-state index in [0.717, 1.165) is 4.96 Å². The second-order valence-corrected chi connectivity index (χ2v) is 5.46. The molecule has 0 atom stereocenters. The number of esters is 1. The Hall–Kier alpha value is -2.35. The molecule has 0 fully saturated rings. The SMILES string of the molecule is CCc1nn(C)c(C(=O)OCc2cn3ccsc3n2)c1N. The minimum absolute atomic E-state index is 0.110. The summed E-state index contributed by atoms with van der Waals surface area (Å²) in [6.07, 6.45) is 4.42. The van der Waals surface area contributed by atoms with Crippen molar-refractivity contribution in [3.05, 3.63) is 34.9 Å². The Bertz CT molecular complexity index is 772. The van der Waals surface area contributed by atoms with Gasteiger partial charge >= 0.3 is 5.97 Å². The van der Waals surface area contributed by atoms with Gasteiger partial charge in [-0.2, -0.15) is 5.10 Å². The van der Waals surface area contributed by atoms with E-state index in [1.165, 1.54) is 16.0 Å². The lowest BCUT2D eigenvalue weighted by molar-refractivity contribution is 0.0457. The van der Waals surface area contributed by atoms with E-state index < -0.39 is 5.97 Å². The standard InChI is InChI=1S/C13H15N5O2S/c1-3-9-10(14)11(17(2)16-9)12(19)20-7-8-6-18-4-5-21-13(18)15-8/h4-6H,3,7,14H2,1-2H3. The number of anilines is 1. The Morgan fingerprint density at radius 2 is 2.33 bits per heavy atom. The minimum Gasteiger partial charge on any atom is -0.454 e. The van der Waals surface area contributed by atoms with Crippen molar-refractivity contribution in [1.29, 1.82) is 0 Å². The molecule has 0 bridgehead atoms. The summed E-state index contributed by atoms with van der Waals surface area (Å²) in [5.74, 6) is -0.487. The number of rotatable bonds is 4. The van der Waals surface area contributed by atoms with Gasteiger partial charge in [-0.15, -0.1) is 11.3 Å². The molecule has 3 heterocycles. The number of thiazole rings is 1. The summed E-state index contributed by atoms with van der Waals surface area (Å²) in [7, 11) is 1.68. The van der Waals surface area contributed by atoms with Crippen molar-refractivity contribution in [2.24, 2.45) is 7.05 Å². The van der Waals surface area contributed by atoms with Gasteiger partial charge in [-0.05, 0) is 6.42 Å². The second kappa shape index (κ2) is 5.21. The number of carbonyl (C=O) groups excluding carboxylic acids is 1. The summed E-state index contributed by atoms with van der Waals surface area (Å²) in [6, 6.07) is 0. The summed E-state index contributed by atoms with van der Waals surface area (Å²) in [4.78, 5) is 17.4. The van der Waals surface area contributed by atoms with Crippen molar-refractivity contribution in [2.45, 2.75) is 20.0 Å². The number of imidazole rings is 1. The first-order chi connectivity index (χ1) is 10.1. The lowest BCUT2D eigenvalue weighted by Gasteiger charge is -2.04. The van der Waals surface area contributed by atoms with Crippen molar-refractivity contribution in [1.82, 2.24) is 19.2 Å². The summed E-state index contributed by atoms with van der Waals surface area (Å²) in [5, 5.41) is 6.15. The molecule has 0 saturated heterocycles. The number of fused-ring (bicyclic) bond motifs is 1. The zero-order chi connectivity index (χ0) is 15.0. The Kier molecular flexibility index (Phi) is 3.38. The first kappa shape index (κ1) is 13.6. The third-order valence-corrected chi connectivity index (χ3v) is 3.95. The lowest BCUT2D eigenvalue weighted by atomic mass is 10.2. The van der Waals surface area contributed by atoms with Crippen LogP contribution in [0.4, 0.5) is 5.69 Å². The molecule has 0 saturated carbocycles. The fourth-order valence-electron chi connectivity index (χ4n) is 2.15. The van der Waals surface area contributed by atoms with Crippen molar-refractivity contribution in [3.63, 3.8) is 0 Å². The van der Waals surface area contributed by atoms with Gasteiger partial charge in [0.25, 0.3) is 0 Å². The maximum atomic E-state index is 12.1. The highest BCUT2D eigenvalue weighted by molar-refractivity contribution is 7.15. The molecular formula is C13H15N5O2S. The van der Waals surface area contributed by atoms with Gasteiger partial charge < -0.3 is 10.5 Å². The van der Waals surface area contributed by atoms with Crippen LogP contribution in [0.5, 0.6) is 0 Å². The fourth-order valence-corrected chi connectivity index (χ4v) is 2.87. The number of nitrogens with two attached hydrogens (primary N) is 1. The number of ether oxygens (including phenoxy) is 1. The summed E-state index contributed by atoms with van der Waals surface area (Å²) >= 11 is 1.53. The quantitative estimate of drug-likeness (QED) is 0.740. The molecule has 2 N–H and O–H groups in total. The monoisotopic (exact) mass is 305 g/mol. The van der Waals surface area contributed by atoms with Gasteiger partial charge in [0, 0.05) is 24.8 Å². The first-order valence-corrected chi connectivity index (χ1v) is 7.37. The van der Waals surface area contributed by atoms with Crippen LogP contribution in [-0.4, -0.2) is 25.1 Å². The molecule has 0 unspecified atom stereocenters. The van der Waals surface area contributed by atoms with Crippen LogP contribution in [0.3, 0.4) is 0 Å². The van der Waals surface area contributed by atoms with Gasteiger partial charge in [-0.1, -0.05) is 6.92 Å². The highest BCUT2D eigenvalue weighted by Gasteiger charge is 2.20. The topological polar surface area (TPSA) is 87.4 Å². The molecule has 3 aromatic rings. The van der Waals surface area contributed by atoms with Crippen LogP contribution in [0.1, 0.15) is 28.8 Å². The van der Waals surface area contributed by atoms with Crippen molar-refractivity contribution in [2.75, 3.05) is 5.73 Å². The minimum atomic E-state index is -0.487. The Morgan fingerprint density at radius 1 is 1.52 bits per heavy atom. The van der Waals surface area contributed by atoms with Gasteiger partial charge in [-0.25, -0.2) is 9.78 Å². The Labute approximate surface area is 125 Å². The third kappa shape index (κ3) is 2.38. The van der Waals surface area contributed by atoms with E-state index in [9.17, 15) is 4.79 Å². The average Bonchev–Trinajstić information content (AvgIpc) is 3.09. The highest BCUT2D eigenvalue weighted by atomic mass is 32.1. The van der Waals surface area contributed by atoms with Gasteiger partial charge in [-0.3, -0.25) is 9.08 Å². The summed E-state index contributed by atoms with van der Waals surface area (Å²) in [6.45, 7) is 2.05. The summed E-state index contributed by atoms with van der Waals surface area (Å²) < 4.78 is 8.63. The van der Waals surface area contributed by atoms with E-state index in [1.54, 1.807) is 7.05 Å². The van der Waals surface area contributed by atoms with E-state index in [2.05, 4.69) is 10.1 Å². The van der Waals surface area contributed by atoms with E-state index in [0.29, 0.717) is 23.5 Å². The van der Waals surface area contributed by atoms with Crippen LogP contribution < -0.4 is 5.73 Å². The van der Waals surface area contributed by atoms with Gasteiger partial charge in [0.15, 0.2) is 10.7 Å². The van der Waals surface area contributed by atoms with E-state index in [1.807, 2.05) is 29.1 Å². The largest absolute Gasteiger partial charge is 0.454 e. The maximum Gasteiger partial charge on any atom is 0.359 e. The van der Waals surface area contributed by atoms with Crippen LogP contribution in [-0.2, 0) is 24.8 Å². The predicted octanol–water partition coefficient (Wildman–Crippen LogP) is 1.63. The number of hydrogen-bond donors (Lipinski definition) is 1. The lowest BCUT2D eigenvalue weighted by Crippen LogP contribution is -2.12. The van der Waals surface area contributed by atoms with Crippen molar-refractivity contribution in [3.8, 4) is 0 Å². The normalized spacial score (nSPS) is 11.1. The number of nitrogen functional groups attached to an aromatic ring is 1. The van der Waals surface area contributed by atoms with E-state index in [4.69, 9.17) is 10.5 Å². The number of nitrogens with zero attached hydrogens (tertiary/aromatic N) is 4. The van der Waals surface area contributed by atoms with Gasteiger partial charge in [0.2, 0.25) is 0 Å². The smallest absolute Gasteiger partial charge is 0.359 e. The number of aromatic nitrogens is 4. The van der Waals surface area contributed by atoms with E-state index in [-0.39, 0.29) is 12.3 Å². The molecule has 3 rings (SSSR count). The molecule has 0 aliphatic carbocycles. The van der Waals surface area contributed by atoms with Crippen LogP contribution in [0.25, 0.3) is 4.96 Å². The molecule has 0 radical (unpaired) electrons. The predicted molar refractivity (Wildman–Crippen MR) is 79.2 cm³/mol. The molecule has 3 aromatic heterocycles. The summed E-state index contributed by atoms with van der Waals surface area (Å²) in [5.41, 5.74) is 8.00. The fraction of sp³-hybridized carbons (Fsp3) is 0.308. The molecule has 0 amide bonds. The highest BCUT2D eigenvalue weighted by Crippen LogP contribution is 2.19. The molecule has 21 heavy (non-hydrogen) atoms. The van der Waals surface area contributed by atoms with Crippen LogP contribution >= 0.6 is 11.3 Å². The number of hydrogen-bond acceptors (Lipinski definition) is 6. The molecule has 0 aliphatic rings. The molecule has 0 spiro atoms. The molecule has 0 aliphatic heterocycles. The van der Waals surface area contributed by atoms with E-state index >= 15 is 0 Å². The van der Waals surface area contributed by atoms with Gasteiger partial charge in [0.05, 0.1) is 17.1 Å². The Balaban J connectivity index is 1.74. The van der Waals surface area contributed by atoms with Crippen LogP contribution in [0.2, 0.25) is 0 Å². The van der Waals surface area contributed by atoms with Crippen molar-refractivity contribution >= 4 is 28.0 Å². The van der Waals surface area contributed by atoms with Crippen molar-refractivity contribution < 1.29 is 9.53 Å². The first-order valence-electron chi connectivity index (χ1n) is 6.49. The van der Waals surface area contributed by atoms with Crippen LogP contribution in [0.15, 0.2) is 17.8 Å². The second-order valence-electron chi connectivity index (χ2n) is 4.59. The number of aryl methyl sites for hydroxylation is 2. The number of carbonyl (C=O) groups is 1. The van der Waals surface area contributed by atoms with Gasteiger partial charge in [0.1, 0.15) is 6.61 Å².